The molecule has 0 aromatic carbocycles. The van der Waals surface area contributed by atoms with Gasteiger partial charge in [-0.25, -0.2) is 0 Å². The van der Waals surface area contributed by atoms with Crippen LogP contribution in [0.3, 0.4) is 0 Å². The smallest absolute Gasteiger partial charge is 0.138 e. The molecular weight excluding hydrogens is 116 g/mol. The first-order valence-electron chi connectivity index (χ1n) is 2.88. The topological polar surface area (TPSA) is 52.0 Å². The summed E-state index contributed by atoms with van der Waals surface area (Å²) in [5, 5.41) is 3.59. The van der Waals surface area contributed by atoms with Crippen LogP contribution < -0.4 is 5.73 Å². The van der Waals surface area contributed by atoms with Crippen molar-refractivity contribution < 1.29 is 4.52 Å². The zero-order chi connectivity index (χ0) is 6.85. The van der Waals surface area contributed by atoms with Gasteiger partial charge in [0, 0.05) is 11.6 Å². The summed E-state index contributed by atoms with van der Waals surface area (Å²) in [6.45, 7) is 3.76. The highest BCUT2D eigenvalue weighted by atomic mass is 16.5. The molecular formula is C6H10N2O. The van der Waals surface area contributed by atoms with Gasteiger partial charge in [-0.15, -0.1) is 0 Å². The zero-order valence-electron chi connectivity index (χ0n) is 5.59. The highest BCUT2D eigenvalue weighted by Crippen LogP contribution is 2.12. The van der Waals surface area contributed by atoms with Crippen molar-refractivity contribution in [2.75, 3.05) is 0 Å². The van der Waals surface area contributed by atoms with Crippen LogP contribution in [0.15, 0.2) is 10.7 Å². The van der Waals surface area contributed by atoms with Crippen molar-refractivity contribution in [1.29, 1.82) is 0 Å². The number of aryl methyl sites for hydroxylation is 1. The third kappa shape index (κ3) is 1.10. The summed E-state index contributed by atoms with van der Waals surface area (Å²) in [4.78, 5) is 0. The molecule has 1 aromatic rings. The molecule has 0 bridgehead atoms. The average molecular weight is 126 g/mol. The second-order valence-electron chi connectivity index (χ2n) is 2.13. The largest absolute Gasteiger partial charge is 0.361 e. The summed E-state index contributed by atoms with van der Waals surface area (Å²) in [6, 6.07) is 0.0243. The summed E-state index contributed by atoms with van der Waals surface area (Å²) in [5.74, 6) is 0.810. The van der Waals surface area contributed by atoms with Gasteiger partial charge in [0.1, 0.15) is 5.76 Å². The van der Waals surface area contributed by atoms with Crippen LogP contribution in [0.4, 0.5) is 0 Å². The molecule has 0 aliphatic rings. The predicted octanol–water partition coefficient (Wildman–Crippen LogP) is 1.00. The van der Waals surface area contributed by atoms with Gasteiger partial charge in [-0.3, -0.25) is 0 Å². The molecule has 1 atom stereocenters. The molecule has 0 radical (unpaired) electrons. The van der Waals surface area contributed by atoms with Crippen LogP contribution in [0.5, 0.6) is 0 Å². The van der Waals surface area contributed by atoms with E-state index in [9.17, 15) is 0 Å². The molecule has 0 saturated heterocycles. The van der Waals surface area contributed by atoms with Crippen LogP contribution in [-0.2, 0) is 0 Å². The van der Waals surface area contributed by atoms with Gasteiger partial charge in [-0.05, 0) is 13.8 Å². The lowest BCUT2D eigenvalue weighted by atomic mass is 10.1. The van der Waals surface area contributed by atoms with Crippen molar-refractivity contribution >= 4 is 0 Å². The lowest BCUT2D eigenvalue weighted by molar-refractivity contribution is 0.395. The van der Waals surface area contributed by atoms with E-state index in [0.717, 1.165) is 11.3 Å². The van der Waals surface area contributed by atoms with Crippen molar-refractivity contribution in [2.45, 2.75) is 19.9 Å². The van der Waals surface area contributed by atoms with Crippen LogP contribution in [0.2, 0.25) is 0 Å². The van der Waals surface area contributed by atoms with E-state index in [1.807, 2.05) is 13.8 Å². The molecule has 2 N–H and O–H groups in total. The van der Waals surface area contributed by atoms with Crippen LogP contribution in [0.25, 0.3) is 0 Å². The Kier molecular flexibility index (Phi) is 1.53. The van der Waals surface area contributed by atoms with Gasteiger partial charge in [0.05, 0.1) is 6.20 Å². The Hall–Kier alpha value is -0.830. The van der Waals surface area contributed by atoms with E-state index in [1.54, 1.807) is 6.20 Å². The Bertz CT molecular complexity index is 193. The van der Waals surface area contributed by atoms with Gasteiger partial charge >= 0.3 is 0 Å². The van der Waals surface area contributed by atoms with E-state index in [0.29, 0.717) is 0 Å². The molecule has 0 unspecified atom stereocenters. The first-order chi connectivity index (χ1) is 4.22. The van der Waals surface area contributed by atoms with Gasteiger partial charge in [-0.2, -0.15) is 0 Å². The van der Waals surface area contributed by atoms with E-state index < -0.39 is 0 Å². The first kappa shape index (κ1) is 6.29. The van der Waals surface area contributed by atoms with Crippen molar-refractivity contribution in [3.63, 3.8) is 0 Å². The van der Waals surface area contributed by atoms with Crippen molar-refractivity contribution in [3.05, 3.63) is 17.5 Å². The Morgan fingerprint density at radius 3 is 2.67 bits per heavy atom. The van der Waals surface area contributed by atoms with Gasteiger partial charge in [0.25, 0.3) is 0 Å². The number of hydrogen-bond acceptors (Lipinski definition) is 3. The Morgan fingerprint density at radius 1 is 1.78 bits per heavy atom. The van der Waals surface area contributed by atoms with Gasteiger partial charge in [0.2, 0.25) is 0 Å². The fraction of sp³-hybridized carbons (Fsp3) is 0.500. The molecule has 9 heavy (non-hydrogen) atoms. The Balaban J connectivity index is 2.94. The minimum absolute atomic E-state index is 0.0243. The third-order valence-electron chi connectivity index (χ3n) is 1.28. The van der Waals surface area contributed by atoms with E-state index in [1.165, 1.54) is 0 Å². The highest BCUT2D eigenvalue weighted by molar-refractivity contribution is 5.14. The maximum atomic E-state index is 5.56. The fourth-order valence-electron chi connectivity index (χ4n) is 0.744. The molecule has 1 heterocycles. The summed E-state index contributed by atoms with van der Waals surface area (Å²) in [6.07, 6.45) is 1.65. The third-order valence-corrected chi connectivity index (χ3v) is 1.28. The van der Waals surface area contributed by atoms with Gasteiger partial charge < -0.3 is 10.3 Å². The first-order valence-corrected chi connectivity index (χ1v) is 2.88. The number of rotatable bonds is 1. The van der Waals surface area contributed by atoms with Gasteiger partial charge in [0.15, 0.2) is 0 Å². The van der Waals surface area contributed by atoms with Crippen LogP contribution in [-0.4, -0.2) is 5.16 Å². The molecule has 0 aliphatic heterocycles. The van der Waals surface area contributed by atoms with E-state index in [2.05, 4.69) is 5.16 Å². The summed E-state index contributed by atoms with van der Waals surface area (Å²) >= 11 is 0. The minimum atomic E-state index is 0.0243. The van der Waals surface area contributed by atoms with E-state index in [4.69, 9.17) is 10.3 Å². The van der Waals surface area contributed by atoms with Crippen molar-refractivity contribution in [2.24, 2.45) is 5.73 Å². The zero-order valence-corrected chi connectivity index (χ0v) is 5.59. The fourth-order valence-corrected chi connectivity index (χ4v) is 0.744. The molecule has 0 fully saturated rings. The molecule has 50 valence electrons. The second-order valence-corrected chi connectivity index (χ2v) is 2.13. The Morgan fingerprint density at radius 2 is 2.44 bits per heavy atom. The van der Waals surface area contributed by atoms with Crippen molar-refractivity contribution in [3.8, 4) is 0 Å². The molecule has 0 amide bonds. The number of aromatic nitrogens is 1. The number of hydrogen-bond donors (Lipinski definition) is 1. The maximum absolute atomic E-state index is 5.56. The monoisotopic (exact) mass is 126 g/mol. The van der Waals surface area contributed by atoms with E-state index in [-0.39, 0.29) is 6.04 Å². The van der Waals surface area contributed by atoms with Crippen LogP contribution in [0, 0.1) is 6.92 Å². The second kappa shape index (κ2) is 2.19. The maximum Gasteiger partial charge on any atom is 0.138 e. The highest BCUT2D eigenvalue weighted by Gasteiger charge is 2.05. The van der Waals surface area contributed by atoms with Crippen LogP contribution >= 0.6 is 0 Å². The lowest BCUT2D eigenvalue weighted by Gasteiger charge is -1.98. The molecule has 0 spiro atoms. The standard InChI is InChI=1S/C6H10N2O/c1-4(7)6-3-8-9-5(6)2/h3-4H,7H2,1-2H3/t4-/m0/s1. The molecule has 3 heteroatoms. The minimum Gasteiger partial charge on any atom is -0.361 e. The molecule has 1 aromatic heterocycles. The van der Waals surface area contributed by atoms with Crippen molar-refractivity contribution in [1.82, 2.24) is 5.16 Å². The van der Waals surface area contributed by atoms with Crippen LogP contribution in [0.1, 0.15) is 24.3 Å². The summed E-state index contributed by atoms with van der Waals surface area (Å²) < 4.78 is 4.80. The number of nitrogens with zero attached hydrogens (tertiary/aromatic N) is 1. The average Bonchev–Trinajstić information content (AvgIpc) is 2.13. The number of nitrogens with two attached hydrogens (primary N) is 1. The molecule has 3 nitrogen and oxygen atoms in total. The van der Waals surface area contributed by atoms with Gasteiger partial charge in [-0.1, -0.05) is 5.16 Å². The quantitative estimate of drug-likeness (QED) is 0.610. The molecule has 0 saturated carbocycles. The van der Waals surface area contributed by atoms with E-state index >= 15 is 0 Å². The lowest BCUT2D eigenvalue weighted by Crippen LogP contribution is -2.04. The molecule has 1 rings (SSSR count). The SMILES string of the molecule is Cc1oncc1[C@H](C)N. The Labute approximate surface area is 53.8 Å². The normalized spacial score (nSPS) is 13.7. The predicted molar refractivity (Wildman–Crippen MR) is 33.8 cm³/mol. The summed E-state index contributed by atoms with van der Waals surface area (Å²) in [7, 11) is 0. The molecule has 0 aliphatic carbocycles. The summed E-state index contributed by atoms with van der Waals surface area (Å²) in [5.41, 5.74) is 6.54.